The number of aryl methyl sites for hydroxylation is 2. The molecule has 0 saturated heterocycles. The molecule has 1 aromatic carbocycles. The SMILES string of the molecule is COC(=O)c1sccc1NC(=O)c1ccc(C)cc1C. The predicted molar refractivity (Wildman–Crippen MR) is 79.5 cm³/mol. The zero-order chi connectivity index (χ0) is 14.7. The molecule has 1 N–H and O–H groups in total. The zero-order valence-corrected chi connectivity index (χ0v) is 12.3. The van der Waals surface area contributed by atoms with Gasteiger partial charge in [0.05, 0.1) is 12.8 Å². The smallest absolute Gasteiger partial charge is 0.350 e. The Bertz CT molecular complexity index is 661. The summed E-state index contributed by atoms with van der Waals surface area (Å²) in [5, 5.41) is 4.49. The number of hydrogen-bond donors (Lipinski definition) is 1. The maximum absolute atomic E-state index is 12.2. The number of carbonyl (C=O) groups is 2. The summed E-state index contributed by atoms with van der Waals surface area (Å²) in [5.74, 6) is -0.679. The van der Waals surface area contributed by atoms with Crippen LogP contribution in [-0.2, 0) is 4.74 Å². The highest BCUT2D eigenvalue weighted by Crippen LogP contribution is 2.24. The van der Waals surface area contributed by atoms with E-state index < -0.39 is 5.97 Å². The molecule has 0 saturated carbocycles. The Kier molecular flexibility index (Phi) is 4.20. The predicted octanol–water partition coefficient (Wildman–Crippen LogP) is 3.40. The van der Waals surface area contributed by atoms with Crippen molar-refractivity contribution in [2.45, 2.75) is 13.8 Å². The number of methoxy groups -OCH3 is 1. The first-order chi connectivity index (χ1) is 9.52. The molecular formula is C15H15NO3S. The van der Waals surface area contributed by atoms with Crippen LogP contribution in [0.4, 0.5) is 5.69 Å². The van der Waals surface area contributed by atoms with Crippen LogP contribution in [-0.4, -0.2) is 19.0 Å². The molecule has 0 aliphatic heterocycles. The molecule has 1 aromatic heterocycles. The van der Waals surface area contributed by atoms with Crippen molar-refractivity contribution in [3.8, 4) is 0 Å². The number of esters is 1. The molecule has 0 radical (unpaired) electrons. The van der Waals surface area contributed by atoms with E-state index >= 15 is 0 Å². The second-order valence-corrected chi connectivity index (χ2v) is 5.34. The van der Waals surface area contributed by atoms with E-state index in [1.54, 1.807) is 17.5 Å². The van der Waals surface area contributed by atoms with Crippen molar-refractivity contribution >= 4 is 28.9 Å². The highest BCUT2D eigenvalue weighted by molar-refractivity contribution is 7.12. The Morgan fingerprint density at radius 2 is 1.95 bits per heavy atom. The lowest BCUT2D eigenvalue weighted by Crippen LogP contribution is -2.15. The normalized spacial score (nSPS) is 10.2. The lowest BCUT2D eigenvalue weighted by atomic mass is 10.1. The Morgan fingerprint density at radius 3 is 2.60 bits per heavy atom. The number of benzene rings is 1. The van der Waals surface area contributed by atoms with Crippen LogP contribution in [0.15, 0.2) is 29.6 Å². The maximum Gasteiger partial charge on any atom is 0.350 e. The van der Waals surface area contributed by atoms with E-state index in [2.05, 4.69) is 10.1 Å². The molecule has 5 heteroatoms. The van der Waals surface area contributed by atoms with E-state index in [0.29, 0.717) is 16.1 Å². The fourth-order valence-corrected chi connectivity index (χ4v) is 2.68. The molecular weight excluding hydrogens is 274 g/mol. The van der Waals surface area contributed by atoms with E-state index in [1.165, 1.54) is 18.4 Å². The van der Waals surface area contributed by atoms with Crippen molar-refractivity contribution in [3.63, 3.8) is 0 Å². The topological polar surface area (TPSA) is 55.4 Å². The third-order valence-corrected chi connectivity index (χ3v) is 3.81. The molecule has 0 aliphatic rings. The summed E-state index contributed by atoms with van der Waals surface area (Å²) in [6, 6.07) is 7.31. The van der Waals surface area contributed by atoms with Crippen molar-refractivity contribution in [2.24, 2.45) is 0 Å². The van der Waals surface area contributed by atoms with E-state index in [4.69, 9.17) is 0 Å². The van der Waals surface area contributed by atoms with Crippen molar-refractivity contribution in [1.82, 2.24) is 0 Å². The molecule has 0 bridgehead atoms. The fourth-order valence-electron chi connectivity index (χ4n) is 1.92. The molecule has 2 rings (SSSR count). The van der Waals surface area contributed by atoms with Gasteiger partial charge in [-0.05, 0) is 36.9 Å². The van der Waals surface area contributed by atoms with Crippen LogP contribution in [0.1, 0.15) is 31.2 Å². The van der Waals surface area contributed by atoms with E-state index in [-0.39, 0.29) is 5.91 Å². The van der Waals surface area contributed by atoms with Gasteiger partial charge in [-0.15, -0.1) is 11.3 Å². The Hall–Kier alpha value is -2.14. The third kappa shape index (κ3) is 2.88. The second kappa shape index (κ2) is 5.88. The molecule has 0 fully saturated rings. The van der Waals surface area contributed by atoms with Crippen LogP contribution < -0.4 is 5.32 Å². The number of hydrogen-bond acceptors (Lipinski definition) is 4. The number of rotatable bonds is 3. The zero-order valence-electron chi connectivity index (χ0n) is 11.5. The first kappa shape index (κ1) is 14.3. The minimum absolute atomic E-state index is 0.231. The van der Waals surface area contributed by atoms with Gasteiger partial charge in [-0.1, -0.05) is 17.7 Å². The Balaban J connectivity index is 2.24. The number of thiophene rings is 1. The van der Waals surface area contributed by atoms with Crippen molar-refractivity contribution in [3.05, 3.63) is 51.2 Å². The van der Waals surface area contributed by atoms with Gasteiger partial charge in [-0.25, -0.2) is 4.79 Å². The summed E-state index contributed by atoms with van der Waals surface area (Å²) >= 11 is 1.24. The number of ether oxygens (including phenoxy) is 1. The third-order valence-electron chi connectivity index (χ3n) is 2.91. The van der Waals surface area contributed by atoms with Gasteiger partial charge in [0.15, 0.2) is 0 Å². The summed E-state index contributed by atoms with van der Waals surface area (Å²) in [5.41, 5.74) is 3.08. The second-order valence-electron chi connectivity index (χ2n) is 4.43. The van der Waals surface area contributed by atoms with Crippen LogP contribution in [0, 0.1) is 13.8 Å². The number of amides is 1. The highest BCUT2D eigenvalue weighted by atomic mass is 32.1. The lowest BCUT2D eigenvalue weighted by molar-refractivity contribution is 0.0607. The largest absolute Gasteiger partial charge is 0.465 e. The van der Waals surface area contributed by atoms with Crippen LogP contribution in [0.25, 0.3) is 0 Å². The van der Waals surface area contributed by atoms with Gasteiger partial charge in [0.2, 0.25) is 0 Å². The molecule has 1 heterocycles. The van der Waals surface area contributed by atoms with Gasteiger partial charge in [-0.3, -0.25) is 4.79 Å². The summed E-state index contributed by atoms with van der Waals surface area (Å²) in [6.07, 6.45) is 0. The highest BCUT2D eigenvalue weighted by Gasteiger charge is 2.17. The van der Waals surface area contributed by atoms with Crippen molar-refractivity contribution in [2.75, 3.05) is 12.4 Å². The molecule has 0 unspecified atom stereocenters. The molecule has 20 heavy (non-hydrogen) atoms. The summed E-state index contributed by atoms with van der Waals surface area (Å²) in [4.78, 5) is 24.2. The summed E-state index contributed by atoms with van der Waals surface area (Å²) < 4.78 is 4.68. The van der Waals surface area contributed by atoms with Crippen molar-refractivity contribution < 1.29 is 14.3 Å². The minimum Gasteiger partial charge on any atom is -0.465 e. The van der Waals surface area contributed by atoms with E-state index in [1.807, 2.05) is 26.0 Å². The van der Waals surface area contributed by atoms with Gasteiger partial charge >= 0.3 is 5.97 Å². The fraction of sp³-hybridized carbons (Fsp3) is 0.200. The van der Waals surface area contributed by atoms with E-state index in [0.717, 1.165) is 11.1 Å². The molecule has 0 aliphatic carbocycles. The average Bonchev–Trinajstić information content (AvgIpc) is 2.85. The monoisotopic (exact) mass is 289 g/mol. The standard InChI is InChI=1S/C15H15NO3S/c1-9-4-5-11(10(2)8-9)14(17)16-12-6-7-20-13(12)15(18)19-3/h4-8H,1-3H3,(H,16,17). The summed E-state index contributed by atoms with van der Waals surface area (Å²) in [6.45, 7) is 3.86. The van der Waals surface area contributed by atoms with Crippen LogP contribution in [0.5, 0.6) is 0 Å². The number of nitrogens with one attached hydrogen (secondary N) is 1. The molecule has 0 spiro atoms. The Morgan fingerprint density at radius 1 is 1.20 bits per heavy atom. The number of anilines is 1. The van der Waals surface area contributed by atoms with Crippen LogP contribution in [0.3, 0.4) is 0 Å². The van der Waals surface area contributed by atoms with Crippen molar-refractivity contribution in [1.29, 1.82) is 0 Å². The molecule has 1 amide bonds. The Labute approximate surface area is 121 Å². The summed E-state index contributed by atoms with van der Waals surface area (Å²) in [7, 11) is 1.32. The lowest BCUT2D eigenvalue weighted by Gasteiger charge is -2.08. The van der Waals surface area contributed by atoms with Gasteiger partial charge < -0.3 is 10.1 Å². The molecule has 0 atom stereocenters. The van der Waals surface area contributed by atoms with E-state index in [9.17, 15) is 9.59 Å². The molecule has 2 aromatic rings. The first-order valence-electron chi connectivity index (χ1n) is 6.07. The molecule has 4 nitrogen and oxygen atoms in total. The van der Waals surface area contributed by atoms with Gasteiger partial charge in [0.25, 0.3) is 5.91 Å². The molecule has 104 valence electrons. The quantitative estimate of drug-likeness (QED) is 0.881. The first-order valence-corrected chi connectivity index (χ1v) is 6.95. The number of carbonyl (C=O) groups excluding carboxylic acids is 2. The average molecular weight is 289 g/mol. The van der Waals surface area contributed by atoms with Crippen LogP contribution in [0.2, 0.25) is 0 Å². The maximum atomic E-state index is 12.2. The van der Waals surface area contributed by atoms with Crippen LogP contribution >= 0.6 is 11.3 Å². The van der Waals surface area contributed by atoms with Gasteiger partial charge in [-0.2, -0.15) is 0 Å². The van der Waals surface area contributed by atoms with Gasteiger partial charge in [0.1, 0.15) is 4.88 Å². The minimum atomic E-state index is -0.448. The van der Waals surface area contributed by atoms with Gasteiger partial charge in [0, 0.05) is 5.56 Å².